The minimum atomic E-state index is -0.683. The molecule has 7 rings (SSSR count). The Morgan fingerprint density at radius 3 is 2.38 bits per heavy atom. The fourth-order valence-electron chi connectivity index (χ4n) is 8.15. The molecule has 0 saturated carbocycles. The van der Waals surface area contributed by atoms with Crippen molar-refractivity contribution < 1.29 is 23.9 Å². The molecule has 3 N–H and O–H groups in total. The summed E-state index contributed by atoms with van der Waals surface area (Å²) in [6, 6.07) is 12.9. The van der Waals surface area contributed by atoms with Gasteiger partial charge in [0.1, 0.15) is 17.7 Å². The number of aromatic nitrogens is 4. The zero-order chi connectivity index (χ0) is 38.9. The van der Waals surface area contributed by atoms with E-state index in [4.69, 9.17) is 14.5 Å². The van der Waals surface area contributed by atoms with Crippen LogP contribution in [0.25, 0.3) is 22.3 Å². The predicted octanol–water partition coefficient (Wildman–Crippen LogP) is 6.90. The summed E-state index contributed by atoms with van der Waals surface area (Å²) in [5.74, 6) is 8.22. The molecule has 55 heavy (non-hydrogen) atoms. The molecule has 0 aliphatic carbocycles. The summed E-state index contributed by atoms with van der Waals surface area (Å²) in [5.41, 5.74) is 4.98. The first-order chi connectivity index (χ1) is 26.4. The van der Waals surface area contributed by atoms with Crippen LogP contribution in [0.2, 0.25) is 0 Å². The molecule has 2 aromatic heterocycles. The molecule has 3 saturated heterocycles. The number of hydrogen-bond donors (Lipinski definition) is 3. The molecular weight excluding hydrogens is 695 g/mol. The highest BCUT2D eigenvalue weighted by Gasteiger charge is 2.50. The first-order valence-corrected chi connectivity index (χ1v) is 19.7. The minimum Gasteiger partial charge on any atom is -0.453 e. The number of likely N-dealkylation sites (tertiary alicyclic amines) is 2. The van der Waals surface area contributed by atoms with E-state index in [-0.39, 0.29) is 47.3 Å². The maximum Gasteiger partial charge on any atom is 0.407 e. The van der Waals surface area contributed by atoms with Crippen molar-refractivity contribution in [2.24, 2.45) is 17.8 Å². The Morgan fingerprint density at radius 1 is 0.909 bits per heavy atom. The van der Waals surface area contributed by atoms with Crippen LogP contribution in [-0.2, 0) is 19.1 Å². The number of methoxy groups -OCH3 is 1. The molecule has 290 valence electrons. The monoisotopic (exact) mass is 747 g/mol. The van der Waals surface area contributed by atoms with Gasteiger partial charge in [0.25, 0.3) is 0 Å². The highest BCUT2D eigenvalue weighted by atomic mass is 16.5. The van der Waals surface area contributed by atoms with Crippen molar-refractivity contribution in [3.63, 3.8) is 0 Å². The van der Waals surface area contributed by atoms with Crippen LogP contribution in [0, 0.1) is 29.6 Å². The largest absolute Gasteiger partial charge is 0.453 e. The van der Waals surface area contributed by atoms with Crippen LogP contribution in [0.4, 0.5) is 4.79 Å². The second-order valence-electron chi connectivity index (χ2n) is 16.1. The van der Waals surface area contributed by atoms with Gasteiger partial charge >= 0.3 is 6.09 Å². The number of carbonyl (C=O) groups excluding carboxylic acids is 3. The van der Waals surface area contributed by atoms with E-state index in [1.54, 1.807) is 6.20 Å². The average Bonchev–Trinajstić information content (AvgIpc) is 4.01. The van der Waals surface area contributed by atoms with Gasteiger partial charge in [-0.1, -0.05) is 58.6 Å². The molecule has 12 nitrogen and oxygen atoms in total. The third kappa shape index (κ3) is 7.99. The van der Waals surface area contributed by atoms with Crippen molar-refractivity contribution in [2.75, 3.05) is 26.8 Å². The molecule has 0 radical (unpaired) electrons. The summed E-state index contributed by atoms with van der Waals surface area (Å²) in [4.78, 5) is 59.6. The molecule has 0 bridgehead atoms. The molecular formula is C43H53N7O5. The summed E-state index contributed by atoms with van der Waals surface area (Å²) in [6.07, 6.45) is 6.71. The van der Waals surface area contributed by atoms with Gasteiger partial charge in [-0.15, -0.1) is 0 Å². The lowest BCUT2D eigenvalue weighted by atomic mass is 9.91. The van der Waals surface area contributed by atoms with Crippen molar-refractivity contribution in [2.45, 2.75) is 96.9 Å². The lowest BCUT2D eigenvalue weighted by Gasteiger charge is -2.33. The highest BCUT2D eigenvalue weighted by molar-refractivity contribution is 5.86. The molecule has 12 heteroatoms. The van der Waals surface area contributed by atoms with E-state index in [0.717, 1.165) is 90.2 Å². The number of nitrogens with zero attached hydrogens (tertiary/aromatic N) is 4. The number of ether oxygens (including phenoxy) is 2. The van der Waals surface area contributed by atoms with Crippen LogP contribution in [-0.4, -0.2) is 86.1 Å². The molecule has 3 aliphatic rings. The maximum absolute atomic E-state index is 13.7. The molecule has 0 unspecified atom stereocenters. The van der Waals surface area contributed by atoms with E-state index < -0.39 is 12.1 Å². The molecule has 4 aromatic rings. The summed E-state index contributed by atoms with van der Waals surface area (Å²) < 4.78 is 11.1. The first kappa shape index (κ1) is 38.1. The van der Waals surface area contributed by atoms with Crippen molar-refractivity contribution in [3.05, 3.63) is 71.4 Å². The number of aromatic amines is 2. The van der Waals surface area contributed by atoms with Crippen molar-refractivity contribution >= 4 is 28.9 Å². The number of nitrogens with one attached hydrogen (secondary N) is 3. The van der Waals surface area contributed by atoms with Crippen LogP contribution < -0.4 is 5.32 Å². The van der Waals surface area contributed by atoms with Crippen molar-refractivity contribution in [1.82, 2.24) is 35.1 Å². The zero-order valence-corrected chi connectivity index (χ0v) is 32.8. The fraction of sp³-hybridized carbons (Fsp3) is 0.512. The van der Waals surface area contributed by atoms with Crippen LogP contribution in [0.3, 0.4) is 0 Å². The van der Waals surface area contributed by atoms with Gasteiger partial charge in [0.2, 0.25) is 11.8 Å². The van der Waals surface area contributed by atoms with Crippen molar-refractivity contribution in [1.29, 1.82) is 0 Å². The average molecular weight is 748 g/mol. The number of amides is 3. The number of hydrogen-bond acceptors (Lipinski definition) is 7. The molecule has 2 aromatic carbocycles. The van der Waals surface area contributed by atoms with E-state index in [9.17, 15) is 14.4 Å². The topological polar surface area (TPSA) is 146 Å². The number of fused-ring (bicyclic) bond motifs is 1. The van der Waals surface area contributed by atoms with Crippen molar-refractivity contribution in [3.8, 4) is 23.1 Å². The minimum absolute atomic E-state index is 0.0828. The van der Waals surface area contributed by atoms with E-state index in [1.165, 1.54) is 7.11 Å². The maximum atomic E-state index is 13.7. The Morgan fingerprint density at radius 2 is 1.67 bits per heavy atom. The van der Waals surface area contributed by atoms with Crippen LogP contribution in [0.1, 0.15) is 108 Å². The zero-order valence-electron chi connectivity index (χ0n) is 32.8. The van der Waals surface area contributed by atoms with Gasteiger partial charge in [0.15, 0.2) is 0 Å². The number of rotatable bonds is 8. The Kier molecular flexibility index (Phi) is 11.0. The Balaban J connectivity index is 1.04. The van der Waals surface area contributed by atoms with E-state index >= 15 is 0 Å². The highest BCUT2D eigenvalue weighted by Crippen LogP contribution is 2.45. The number of H-pyrrole nitrogens is 2. The molecule has 3 amide bonds. The van der Waals surface area contributed by atoms with Crippen LogP contribution in [0.15, 0.2) is 48.7 Å². The number of benzene rings is 2. The molecule has 1 spiro atoms. The number of carbonyl (C=O) groups is 3. The smallest absolute Gasteiger partial charge is 0.407 e. The van der Waals surface area contributed by atoms with Gasteiger partial charge in [-0.25, -0.2) is 14.8 Å². The second kappa shape index (κ2) is 15.9. The SMILES string of the molecule is COC(=O)N[C@H](C(=O)N1CCC[C@H]1c1ncc(-c2ccc(C#Cc3ccc4nc([C@@H]5C[C@@]6(CCCCO6)CN5C(=O)[C@@H](C)C(C)C)[nH]c4c3)cc2)[nH]1)C(C)C. The normalized spacial score (nSPS) is 22.3. The quantitative estimate of drug-likeness (QED) is 0.166. The Labute approximate surface area is 323 Å². The molecule has 3 aliphatic heterocycles. The first-order valence-electron chi connectivity index (χ1n) is 19.7. The van der Waals surface area contributed by atoms with E-state index in [0.29, 0.717) is 13.1 Å². The van der Waals surface area contributed by atoms with Gasteiger partial charge in [0, 0.05) is 36.6 Å². The summed E-state index contributed by atoms with van der Waals surface area (Å²) in [6.45, 7) is 12.0. The van der Waals surface area contributed by atoms with E-state index in [2.05, 4.69) is 46.0 Å². The summed E-state index contributed by atoms with van der Waals surface area (Å²) >= 11 is 0. The molecule has 3 fully saturated rings. The molecule has 5 heterocycles. The predicted molar refractivity (Wildman–Crippen MR) is 210 cm³/mol. The van der Waals surface area contributed by atoms with Crippen LogP contribution >= 0.6 is 0 Å². The number of alkyl carbamates (subject to hydrolysis) is 1. The van der Waals surface area contributed by atoms with Gasteiger partial charge in [-0.3, -0.25) is 9.59 Å². The lowest BCUT2D eigenvalue weighted by Crippen LogP contribution is -2.51. The third-order valence-electron chi connectivity index (χ3n) is 11.7. The second-order valence-corrected chi connectivity index (χ2v) is 16.1. The van der Waals surface area contributed by atoms with Gasteiger partial charge in [0.05, 0.1) is 54.3 Å². The van der Waals surface area contributed by atoms with Crippen LogP contribution in [0.5, 0.6) is 0 Å². The fourth-order valence-corrected chi connectivity index (χ4v) is 8.15. The summed E-state index contributed by atoms with van der Waals surface area (Å²) in [5, 5.41) is 2.70. The van der Waals surface area contributed by atoms with Gasteiger partial charge < -0.3 is 34.6 Å². The Hall–Kier alpha value is -5.15. The van der Waals surface area contributed by atoms with Gasteiger partial charge in [-0.2, -0.15) is 0 Å². The summed E-state index contributed by atoms with van der Waals surface area (Å²) in [7, 11) is 1.29. The lowest BCUT2D eigenvalue weighted by molar-refractivity contribution is -0.139. The van der Waals surface area contributed by atoms with Gasteiger partial charge in [-0.05, 0) is 79.8 Å². The number of imidazole rings is 2. The standard InChI is InChI=1S/C43H53N7O5/c1-26(2)28(5)40(51)50-25-43(19-7-8-21-55-43)23-36(50)39-45-32-18-15-30(22-33(32)46-39)12-11-29-13-16-31(17-14-29)34-24-44-38(47-34)35-10-9-20-49(35)41(52)37(27(3)4)48-42(53)54-6/h13-18,22,24,26-28,35-37H,7-10,19-21,23,25H2,1-6H3,(H,44,47)(H,45,46)(H,48,53)/t28-,35-,36-,37-,43-/m0/s1. The Bertz CT molecular complexity index is 2080. The molecule has 5 atom stereocenters. The third-order valence-corrected chi connectivity index (χ3v) is 11.7. The van der Waals surface area contributed by atoms with E-state index in [1.807, 2.05) is 73.0 Å².